The normalized spacial score (nSPS) is 18.0. The first-order chi connectivity index (χ1) is 19.2. The van der Waals surface area contributed by atoms with Crippen molar-refractivity contribution < 1.29 is 18.7 Å². The highest BCUT2D eigenvalue weighted by atomic mass is 19.1. The van der Waals surface area contributed by atoms with Crippen molar-refractivity contribution in [1.82, 2.24) is 20.3 Å². The first-order valence-corrected chi connectivity index (χ1v) is 13.6. The quantitative estimate of drug-likeness (QED) is 0.321. The van der Waals surface area contributed by atoms with Gasteiger partial charge in [0.15, 0.2) is 5.65 Å². The van der Waals surface area contributed by atoms with Crippen molar-refractivity contribution in [1.29, 1.82) is 0 Å². The molecule has 0 bridgehead atoms. The molecule has 2 aliphatic rings. The smallest absolute Gasteiger partial charge is 0.408 e. The number of rotatable bonds is 4. The second kappa shape index (κ2) is 10.0. The number of hydrogen-bond donors (Lipinski definition) is 1. The highest BCUT2D eigenvalue weighted by Crippen LogP contribution is 2.52. The summed E-state index contributed by atoms with van der Waals surface area (Å²) in [6.07, 6.45) is 4.07. The highest BCUT2D eigenvalue weighted by Gasteiger charge is 2.48. The fourth-order valence-corrected chi connectivity index (χ4v) is 5.80. The number of carbonyl (C=O) groups excluding carboxylic acids is 1. The first-order valence-electron chi connectivity index (χ1n) is 13.6. The van der Waals surface area contributed by atoms with Gasteiger partial charge in [-0.1, -0.05) is 24.3 Å². The van der Waals surface area contributed by atoms with Crippen LogP contribution in [0.3, 0.4) is 0 Å². The molecule has 206 valence electrons. The molecule has 2 aromatic heterocycles. The number of nitrogens with one attached hydrogen (secondary N) is 1. The van der Waals surface area contributed by atoms with E-state index in [0.29, 0.717) is 22.8 Å². The average molecular weight is 542 g/mol. The number of carbonyl (C=O) groups is 1. The van der Waals surface area contributed by atoms with E-state index in [-0.39, 0.29) is 23.4 Å². The lowest BCUT2D eigenvalue weighted by Crippen LogP contribution is -2.47. The standard InChI is InChI=1S/C31H32FN5O3/c1-30(2,3)40-29(38)36-27-23-7-5-4-6-20(23)18-31(27)14-16-37(17-15-31)25-19-33-28-24(34-25)12-13-26(35-28)39-22-10-8-21(32)9-11-22/h4-13,19,27H,14-18H2,1-3H3,(H,36,38)/t27-/m0/s1. The summed E-state index contributed by atoms with van der Waals surface area (Å²) in [7, 11) is 0. The van der Waals surface area contributed by atoms with E-state index in [1.807, 2.05) is 32.9 Å². The lowest BCUT2D eigenvalue weighted by molar-refractivity contribution is 0.0428. The van der Waals surface area contributed by atoms with E-state index >= 15 is 0 Å². The molecule has 0 radical (unpaired) electrons. The number of halogens is 1. The summed E-state index contributed by atoms with van der Waals surface area (Å²) in [5.41, 5.74) is 2.96. The molecule has 0 unspecified atom stereocenters. The predicted octanol–water partition coefficient (Wildman–Crippen LogP) is 6.36. The van der Waals surface area contributed by atoms with Gasteiger partial charge < -0.3 is 19.7 Å². The zero-order chi connectivity index (χ0) is 27.9. The molecule has 1 fully saturated rings. The zero-order valence-electron chi connectivity index (χ0n) is 22.9. The number of ether oxygens (including phenoxy) is 2. The molecule has 3 heterocycles. The Morgan fingerprint density at radius 2 is 1.77 bits per heavy atom. The Kier molecular flexibility index (Phi) is 6.52. The molecule has 1 amide bonds. The van der Waals surface area contributed by atoms with Crippen molar-refractivity contribution in [2.45, 2.75) is 51.7 Å². The number of alkyl carbamates (subject to hydrolysis) is 1. The average Bonchev–Trinajstić information content (AvgIpc) is 3.21. The van der Waals surface area contributed by atoms with E-state index in [9.17, 15) is 9.18 Å². The van der Waals surface area contributed by atoms with Gasteiger partial charge in [0.05, 0.1) is 12.2 Å². The van der Waals surface area contributed by atoms with Gasteiger partial charge in [-0.15, -0.1) is 0 Å². The third-order valence-electron chi connectivity index (χ3n) is 7.67. The Morgan fingerprint density at radius 1 is 1.02 bits per heavy atom. The van der Waals surface area contributed by atoms with E-state index in [1.165, 1.54) is 23.3 Å². The van der Waals surface area contributed by atoms with Gasteiger partial charge in [-0.3, -0.25) is 0 Å². The Bertz CT molecular complexity index is 1550. The number of aromatic nitrogens is 3. The van der Waals surface area contributed by atoms with Gasteiger partial charge in [0.1, 0.15) is 28.5 Å². The van der Waals surface area contributed by atoms with Crippen molar-refractivity contribution in [3.63, 3.8) is 0 Å². The number of anilines is 1. The Labute approximate surface area is 232 Å². The highest BCUT2D eigenvalue weighted by molar-refractivity contribution is 5.72. The monoisotopic (exact) mass is 541 g/mol. The summed E-state index contributed by atoms with van der Waals surface area (Å²) in [5, 5.41) is 3.21. The molecular weight excluding hydrogens is 509 g/mol. The predicted molar refractivity (Wildman–Crippen MR) is 150 cm³/mol. The maximum Gasteiger partial charge on any atom is 0.408 e. The minimum Gasteiger partial charge on any atom is -0.444 e. The Balaban J connectivity index is 1.17. The molecule has 4 aromatic rings. The molecule has 1 N–H and O–H groups in total. The van der Waals surface area contributed by atoms with Crippen LogP contribution in [0.1, 0.15) is 50.8 Å². The van der Waals surface area contributed by atoms with E-state index in [4.69, 9.17) is 14.5 Å². The molecule has 1 aliphatic heterocycles. The van der Waals surface area contributed by atoms with Crippen LogP contribution in [0.2, 0.25) is 0 Å². The number of amides is 1. The molecule has 0 saturated carbocycles. The summed E-state index contributed by atoms with van der Waals surface area (Å²) in [5.74, 6) is 1.33. The molecule has 1 spiro atoms. The number of pyridine rings is 1. The Morgan fingerprint density at radius 3 is 2.52 bits per heavy atom. The SMILES string of the molecule is CC(C)(C)OC(=O)N[C@H]1c2ccccc2CC12CCN(c1cnc3nc(Oc4ccc(F)cc4)ccc3n1)CC2. The summed E-state index contributed by atoms with van der Waals surface area (Å²) >= 11 is 0. The van der Waals surface area contributed by atoms with Crippen molar-refractivity contribution in [2.24, 2.45) is 5.41 Å². The zero-order valence-corrected chi connectivity index (χ0v) is 22.9. The van der Waals surface area contributed by atoms with Gasteiger partial charge in [-0.25, -0.2) is 19.2 Å². The van der Waals surface area contributed by atoms with E-state index in [0.717, 1.165) is 38.2 Å². The number of benzene rings is 2. The molecule has 9 heteroatoms. The van der Waals surface area contributed by atoms with Crippen LogP contribution >= 0.6 is 0 Å². The third kappa shape index (κ3) is 5.28. The topological polar surface area (TPSA) is 89.5 Å². The summed E-state index contributed by atoms with van der Waals surface area (Å²) < 4.78 is 24.5. The van der Waals surface area contributed by atoms with Crippen LogP contribution in [0.5, 0.6) is 11.6 Å². The Hall–Kier alpha value is -4.27. The van der Waals surface area contributed by atoms with Gasteiger partial charge in [0.2, 0.25) is 5.88 Å². The van der Waals surface area contributed by atoms with Crippen LogP contribution in [-0.4, -0.2) is 39.7 Å². The van der Waals surface area contributed by atoms with Crippen molar-refractivity contribution in [3.8, 4) is 11.6 Å². The van der Waals surface area contributed by atoms with Gasteiger partial charge in [0, 0.05) is 24.6 Å². The lowest BCUT2D eigenvalue weighted by atomic mass is 9.72. The van der Waals surface area contributed by atoms with Crippen molar-refractivity contribution >= 4 is 23.1 Å². The first kappa shape index (κ1) is 26.0. The second-order valence-electron chi connectivity index (χ2n) is 11.6. The minimum atomic E-state index is -0.559. The lowest BCUT2D eigenvalue weighted by Gasteiger charge is -2.43. The van der Waals surface area contributed by atoms with Crippen molar-refractivity contribution in [3.05, 3.63) is 83.8 Å². The molecule has 8 nitrogen and oxygen atoms in total. The van der Waals surface area contributed by atoms with Crippen LogP contribution < -0.4 is 15.0 Å². The molecule has 1 atom stereocenters. The van der Waals surface area contributed by atoms with Gasteiger partial charge in [-0.2, -0.15) is 4.98 Å². The van der Waals surface area contributed by atoms with Crippen LogP contribution in [0.15, 0.2) is 66.9 Å². The van der Waals surface area contributed by atoms with Gasteiger partial charge in [-0.05, 0) is 81.5 Å². The largest absolute Gasteiger partial charge is 0.444 e. The maximum atomic E-state index is 13.2. The van der Waals surface area contributed by atoms with E-state index < -0.39 is 5.60 Å². The molecule has 1 aliphatic carbocycles. The van der Waals surface area contributed by atoms with Gasteiger partial charge in [0.25, 0.3) is 0 Å². The fourth-order valence-electron chi connectivity index (χ4n) is 5.80. The molecule has 2 aromatic carbocycles. The van der Waals surface area contributed by atoms with Crippen molar-refractivity contribution in [2.75, 3.05) is 18.0 Å². The van der Waals surface area contributed by atoms with E-state index in [1.54, 1.807) is 24.4 Å². The summed E-state index contributed by atoms with van der Waals surface area (Å²) in [6.45, 7) is 7.22. The summed E-state index contributed by atoms with van der Waals surface area (Å²) in [4.78, 5) is 28.9. The third-order valence-corrected chi connectivity index (χ3v) is 7.67. The van der Waals surface area contributed by atoms with Crippen LogP contribution in [0.4, 0.5) is 15.0 Å². The molecule has 40 heavy (non-hydrogen) atoms. The molecule has 1 saturated heterocycles. The molecular formula is C31H32FN5O3. The number of nitrogens with zero attached hydrogens (tertiary/aromatic N) is 4. The maximum absolute atomic E-state index is 13.2. The van der Waals surface area contributed by atoms with Crippen LogP contribution in [0, 0.1) is 11.2 Å². The number of hydrogen-bond acceptors (Lipinski definition) is 7. The van der Waals surface area contributed by atoms with Crippen LogP contribution in [0.25, 0.3) is 11.2 Å². The van der Waals surface area contributed by atoms with Crippen LogP contribution in [-0.2, 0) is 11.2 Å². The summed E-state index contributed by atoms with van der Waals surface area (Å²) in [6, 6.07) is 17.6. The minimum absolute atomic E-state index is 0.0878. The van der Waals surface area contributed by atoms with E-state index in [2.05, 4.69) is 38.4 Å². The molecule has 6 rings (SSSR count). The number of fused-ring (bicyclic) bond motifs is 2. The fraction of sp³-hybridized carbons (Fsp3) is 0.355. The van der Waals surface area contributed by atoms with Gasteiger partial charge >= 0.3 is 6.09 Å². The second-order valence-corrected chi connectivity index (χ2v) is 11.6. The number of piperidine rings is 1.